The van der Waals surface area contributed by atoms with Crippen molar-refractivity contribution in [1.29, 1.82) is 0 Å². The second kappa shape index (κ2) is 5.21. The van der Waals surface area contributed by atoms with E-state index in [1.54, 1.807) is 12.3 Å². The van der Waals surface area contributed by atoms with Gasteiger partial charge < -0.3 is 15.6 Å². The number of nitrogens with one attached hydrogen (secondary N) is 1. The Balaban J connectivity index is 1.90. The van der Waals surface area contributed by atoms with E-state index in [1.807, 2.05) is 29.2 Å². The molecule has 3 rings (SSSR count). The van der Waals surface area contributed by atoms with Crippen LogP contribution < -0.4 is 5.73 Å². The molecule has 3 N–H and O–H groups in total. The van der Waals surface area contributed by atoms with Crippen LogP contribution in [-0.2, 0) is 0 Å². The lowest BCUT2D eigenvalue weighted by Gasteiger charge is -2.25. The number of anilines is 1. The Bertz CT molecular complexity index is 638. The van der Waals surface area contributed by atoms with E-state index in [0.717, 1.165) is 24.9 Å². The van der Waals surface area contributed by atoms with Gasteiger partial charge in [0.15, 0.2) is 0 Å². The van der Waals surface area contributed by atoms with Crippen LogP contribution in [0, 0.1) is 0 Å². The summed E-state index contributed by atoms with van der Waals surface area (Å²) in [5.74, 6) is -0.0240. The van der Waals surface area contributed by atoms with Crippen LogP contribution in [0.1, 0.15) is 34.9 Å². The number of amides is 1. The number of aromatic nitrogens is 1. The Morgan fingerprint density at radius 3 is 2.90 bits per heavy atom. The Morgan fingerprint density at radius 2 is 2.20 bits per heavy atom. The molecule has 2 aromatic rings. The summed E-state index contributed by atoms with van der Waals surface area (Å²) < 4.78 is 0. The van der Waals surface area contributed by atoms with Gasteiger partial charge in [-0.25, -0.2) is 0 Å². The van der Waals surface area contributed by atoms with Crippen LogP contribution in [0.4, 0.5) is 5.69 Å². The van der Waals surface area contributed by atoms with Crippen LogP contribution in [0.2, 0.25) is 5.02 Å². The smallest absolute Gasteiger partial charge is 0.270 e. The van der Waals surface area contributed by atoms with Crippen LogP contribution in [0.3, 0.4) is 0 Å². The van der Waals surface area contributed by atoms with Crippen LogP contribution in [0.5, 0.6) is 0 Å². The molecule has 1 aromatic heterocycles. The topological polar surface area (TPSA) is 62.1 Å². The van der Waals surface area contributed by atoms with Crippen LogP contribution in [0.15, 0.2) is 36.5 Å². The molecule has 0 aliphatic carbocycles. The first kappa shape index (κ1) is 13.1. The SMILES string of the molecule is Nc1c[nH]c(C(=O)N2CCCC2c2ccccc2Cl)c1. The van der Waals surface area contributed by atoms with E-state index in [-0.39, 0.29) is 11.9 Å². The van der Waals surface area contributed by atoms with Crippen molar-refractivity contribution in [3.63, 3.8) is 0 Å². The second-order valence-electron chi connectivity index (χ2n) is 5.02. The minimum atomic E-state index is -0.0240. The number of halogens is 1. The van der Waals surface area contributed by atoms with Gasteiger partial charge in [0.2, 0.25) is 0 Å². The number of likely N-dealkylation sites (tertiary alicyclic amines) is 1. The second-order valence-corrected chi connectivity index (χ2v) is 5.43. The number of carbonyl (C=O) groups excluding carboxylic acids is 1. The molecule has 0 bridgehead atoms. The minimum Gasteiger partial charge on any atom is -0.397 e. The van der Waals surface area contributed by atoms with Gasteiger partial charge in [-0.1, -0.05) is 29.8 Å². The van der Waals surface area contributed by atoms with Gasteiger partial charge in [0.05, 0.1) is 6.04 Å². The molecule has 20 heavy (non-hydrogen) atoms. The first-order chi connectivity index (χ1) is 9.66. The fraction of sp³-hybridized carbons (Fsp3) is 0.267. The van der Waals surface area contributed by atoms with Crippen molar-refractivity contribution in [2.45, 2.75) is 18.9 Å². The zero-order valence-corrected chi connectivity index (χ0v) is 11.7. The molecule has 0 radical (unpaired) electrons. The molecule has 4 nitrogen and oxygen atoms in total. The predicted molar refractivity (Wildman–Crippen MR) is 79.7 cm³/mol. The van der Waals surface area contributed by atoms with Gasteiger partial charge >= 0.3 is 0 Å². The van der Waals surface area contributed by atoms with Gasteiger partial charge in [0, 0.05) is 23.5 Å². The summed E-state index contributed by atoms with van der Waals surface area (Å²) in [5.41, 5.74) is 7.78. The number of aromatic amines is 1. The molecule has 1 aromatic carbocycles. The first-order valence-electron chi connectivity index (χ1n) is 6.66. The van der Waals surface area contributed by atoms with Crippen molar-refractivity contribution in [2.75, 3.05) is 12.3 Å². The molecule has 1 amide bonds. The molecule has 1 atom stereocenters. The monoisotopic (exact) mass is 289 g/mol. The standard InChI is InChI=1S/C15H16ClN3O/c16-12-5-2-1-4-11(12)14-6-3-7-19(14)15(20)13-8-10(17)9-18-13/h1-2,4-5,8-9,14,18H,3,6-7,17H2. The largest absolute Gasteiger partial charge is 0.397 e. The lowest BCUT2D eigenvalue weighted by Crippen LogP contribution is -2.30. The van der Waals surface area contributed by atoms with E-state index in [4.69, 9.17) is 17.3 Å². The third-order valence-electron chi connectivity index (χ3n) is 3.71. The van der Waals surface area contributed by atoms with Gasteiger partial charge in [0.1, 0.15) is 5.69 Å². The fourth-order valence-corrected chi connectivity index (χ4v) is 3.03. The zero-order valence-electron chi connectivity index (χ0n) is 11.0. The number of hydrogen-bond donors (Lipinski definition) is 2. The van der Waals surface area contributed by atoms with Crippen molar-refractivity contribution in [1.82, 2.24) is 9.88 Å². The summed E-state index contributed by atoms with van der Waals surface area (Å²) in [6.45, 7) is 0.744. The van der Waals surface area contributed by atoms with E-state index in [2.05, 4.69) is 4.98 Å². The Morgan fingerprint density at radius 1 is 1.40 bits per heavy atom. The van der Waals surface area contributed by atoms with E-state index < -0.39 is 0 Å². The average molecular weight is 290 g/mol. The van der Waals surface area contributed by atoms with Crippen molar-refractivity contribution in [2.24, 2.45) is 0 Å². The van der Waals surface area contributed by atoms with Crippen molar-refractivity contribution in [3.8, 4) is 0 Å². The maximum Gasteiger partial charge on any atom is 0.270 e. The highest BCUT2D eigenvalue weighted by Gasteiger charge is 2.32. The third-order valence-corrected chi connectivity index (χ3v) is 4.06. The summed E-state index contributed by atoms with van der Waals surface area (Å²) in [4.78, 5) is 17.3. The summed E-state index contributed by atoms with van der Waals surface area (Å²) in [7, 11) is 0. The molecule has 0 saturated carbocycles. The van der Waals surface area contributed by atoms with Gasteiger partial charge in [0.25, 0.3) is 5.91 Å². The number of H-pyrrole nitrogens is 1. The molecular weight excluding hydrogens is 274 g/mol. The Labute approximate surface area is 122 Å². The predicted octanol–water partition coefficient (Wildman–Crippen LogP) is 3.23. The summed E-state index contributed by atoms with van der Waals surface area (Å²) >= 11 is 6.26. The highest BCUT2D eigenvalue weighted by atomic mass is 35.5. The quantitative estimate of drug-likeness (QED) is 0.891. The number of hydrogen-bond acceptors (Lipinski definition) is 2. The number of nitrogens with zero attached hydrogens (tertiary/aromatic N) is 1. The van der Waals surface area contributed by atoms with Crippen molar-refractivity contribution in [3.05, 3.63) is 52.8 Å². The number of benzene rings is 1. The Hall–Kier alpha value is -1.94. The van der Waals surface area contributed by atoms with E-state index in [1.165, 1.54) is 0 Å². The number of carbonyl (C=O) groups is 1. The highest BCUT2D eigenvalue weighted by Crippen LogP contribution is 2.36. The molecule has 0 spiro atoms. The maximum absolute atomic E-state index is 12.6. The minimum absolute atomic E-state index is 0.0240. The number of rotatable bonds is 2. The van der Waals surface area contributed by atoms with E-state index in [0.29, 0.717) is 16.4 Å². The van der Waals surface area contributed by atoms with Crippen molar-refractivity contribution >= 4 is 23.2 Å². The zero-order chi connectivity index (χ0) is 14.1. The molecule has 1 aliphatic heterocycles. The lowest BCUT2D eigenvalue weighted by atomic mass is 10.0. The summed E-state index contributed by atoms with van der Waals surface area (Å²) in [5, 5.41) is 0.711. The summed E-state index contributed by atoms with van der Waals surface area (Å²) in [6, 6.07) is 9.42. The van der Waals surface area contributed by atoms with Crippen LogP contribution in [0.25, 0.3) is 0 Å². The number of nitrogen functional groups attached to an aromatic ring is 1. The normalized spacial score (nSPS) is 18.4. The first-order valence-corrected chi connectivity index (χ1v) is 7.04. The Kier molecular flexibility index (Phi) is 3.40. The van der Waals surface area contributed by atoms with Gasteiger partial charge in [-0.3, -0.25) is 4.79 Å². The molecule has 1 unspecified atom stereocenters. The molecule has 104 valence electrons. The van der Waals surface area contributed by atoms with Crippen LogP contribution >= 0.6 is 11.6 Å². The molecular formula is C15H16ClN3O. The highest BCUT2D eigenvalue weighted by molar-refractivity contribution is 6.31. The maximum atomic E-state index is 12.6. The molecule has 1 fully saturated rings. The van der Waals surface area contributed by atoms with Gasteiger partial charge in [-0.15, -0.1) is 0 Å². The number of nitrogens with two attached hydrogens (primary N) is 1. The van der Waals surface area contributed by atoms with E-state index >= 15 is 0 Å². The lowest BCUT2D eigenvalue weighted by molar-refractivity contribution is 0.0730. The molecule has 2 heterocycles. The van der Waals surface area contributed by atoms with E-state index in [9.17, 15) is 4.79 Å². The van der Waals surface area contributed by atoms with Gasteiger partial charge in [-0.2, -0.15) is 0 Å². The summed E-state index contributed by atoms with van der Waals surface area (Å²) in [6.07, 6.45) is 3.55. The molecule has 5 heteroatoms. The molecule has 1 saturated heterocycles. The van der Waals surface area contributed by atoms with Crippen LogP contribution in [-0.4, -0.2) is 22.3 Å². The van der Waals surface area contributed by atoms with Gasteiger partial charge in [-0.05, 0) is 30.5 Å². The average Bonchev–Trinajstić information content (AvgIpc) is 3.07. The molecule has 1 aliphatic rings. The third kappa shape index (κ3) is 2.27. The van der Waals surface area contributed by atoms with Crippen molar-refractivity contribution < 1.29 is 4.79 Å². The fourth-order valence-electron chi connectivity index (χ4n) is 2.77.